The van der Waals surface area contributed by atoms with Gasteiger partial charge in [0, 0.05) is 11.6 Å². The molecular weight excluding hydrogens is 282 g/mol. The monoisotopic (exact) mass is 309 g/mol. The molecule has 0 radical (unpaired) electrons. The Kier molecular flexibility index (Phi) is 4.34. The molecule has 2 aliphatic carbocycles. The Morgan fingerprint density at radius 3 is 2.38 bits per heavy atom. The van der Waals surface area contributed by atoms with E-state index in [0.717, 1.165) is 11.1 Å². The number of rotatable bonds is 0. The zero-order valence-electron chi connectivity index (χ0n) is 13.6. The molecule has 0 aromatic heterocycles. The van der Waals surface area contributed by atoms with Crippen molar-refractivity contribution in [3.8, 4) is 5.75 Å². The molecular formula is C18H28ClNO. The van der Waals surface area contributed by atoms with Crippen molar-refractivity contribution in [2.75, 3.05) is 0 Å². The van der Waals surface area contributed by atoms with Crippen molar-refractivity contribution >= 4 is 12.4 Å². The summed E-state index contributed by atoms with van der Waals surface area (Å²) in [5.41, 5.74) is 11.3. The van der Waals surface area contributed by atoms with Crippen LogP contribution in [0.5, 0.6) is 5.75 Å². The van der Waals surface area contributed by atoms with Crippen LogP contribution in [0.3, 0.4) is 0 Å². The van der Waals surface area contributed by atoms with E-state index in [9.17, 15) is 5.11 Å². The number of halogens is 1. The number of hydrogen-bond acceptors (Lipinski definition) is 2. The minimum Gasteiger partial charge on any atom is -0.507 e. The van der Waals surface area contributed by atoms with Gasteiger partial charge in [0.1, 0.15) is 5.75 Å². The predicted molar refractivity (Wildman–Crippen MR) is 90.4 cm³/mol. The molecule has 2 aliphatic rings. The van der Waals surface area contributed by atoms with Gasteiger partial charge in [-0.15, -0.1) is 12.4 Å². The van der Waals surface area contributed by atoms with Gasteiger partial charge in [-0.2, -0.15) is 0 Å². The Labute approximate surface area is 134 Å². The van der Waals surface area contributed by atoms with Crippen LogP contribution in [0.15, 0.2) is 6.07 Å². The topological polar surface area (TPSA) is 46.2 Å². The summed E-state index contributed by atoms with van der Waals surface area (Å²) in [4.78, 5) is 0. The average molecular weight is 310 g/mol. The number of phenols is 1. The highest BCUT2D eigenvalue weighted by molar-refractivity contribution is 5.85. The molecule has 0 bridgehead atoms. The molecule has 0 spiro atoms. The van der Waals surface area contributed by atoms with Crippen LogP contribution in [0.4, 0.5) is 0 Å². The third-order valence-electron chi connectivity index (χ3n) is 5.38. The molecule has 1 saturated carbocycles. The van der Waals surface area contributed by atoms with Gasteiger partial charge in [0.2, 0.25) is 0 Å². The molecule has 3 atom stereocenters. The average Bonchev–Trinajstić information content (AvgIpc) is 2.68. The molecule has 1 aromatic rings. The van der Waals surface area contributed by atoms with E-state index < -0.39 is 0 Å². The molecule has 0 heterocycles. The highest BCUT2D eigenvalue weighted by Crippen LogP contribution is 2.56. The van der Waals surface area contributed by atoms with E-state index in [-0.39, 0.29) is 23.9 Å². The number of aryl methyl sites for hydroxylation is 1. The second kappa shape index (κ2) is 5.48. The molecule has 3 heteroatoms. The first-order chi connectivity index (χ1) is 9.32. The molecule has 0 saturated heterocycles. The van der Waals surface area contributed by atoms with Crippen LogP contribution in [0.1, 0.15) is 80.7 Å². The van der Waals surface area contributed by atoms with Crippen LogP contribution in [0.2, 0.25) is 0 Å². The standard InChI is InChI=1S/C18H27NO.ClH/c1-10-9-13(18(2,3)4)17(20)15-14(10)11-7-5-6-8-12(11)16(15)19;/h9,11-12,16,20H,5-8,19H2,1-4H3;1H. The van der Waals surface area contributed by atoms with Gasteiger partial charge in [-0.25, -0.2) is 0 Å². The van der Waals surface area contributed by atoms with Crippen molar-refractivity contribution in [2.45, 2.75) is 70.8 Å². The Balaban J connectivity index is 0.00000161. The largest absolute Gasteiger partial charge is 0.507 e. The summed E-state index contributed by atoms with van der Waals surface area (Å²) in [5, 5.41) is 10.8. The number of benzene rings is 1. The van der Waals surface area contributed by atoms with Gasteiger partial charge in [0.25, 0.3) is 0 Å². The number of fused-ring (bicyclic) bond motifs is 3. The molecule has 0 aliphatic heterocycles. The number of phenolic OH excluding ortho intramolecular Hbond substituents is 1. The van der Waals surface area contributed by atoms with Crippen LogP contribution >= 0.6 is 12.4 Å². The SMILES string of the molecule is Cc1cc(C(C)(C)C)c(O)c2c1C1CCCCC1C2N.Cl. The van der Waals surface area contributed by atoms with E-state index in [1.54, 1.807) is 0 Å². The predicted octanol–water partition coefficient (Wildman–Crippen LogP) is 4.71. The van der Waals surface area contributed by atoms with Crippen molar-refractivity contribution in [1.29, 1.82) is 0 Å². The normalized spacial score (nSPS) is 27.8. The molecule has 118 valence electrons. The molecule has 1 aromatic carbocycles. The summed E-state index contributed by atoms with van der Waals surface area (Å²) >= 11 is 0. The van der Waals surface area contributed by atoms with Crippen LogP contribution in [-0.4, -0.2) is 5.11 Å². The Hall–Kier alpha value is -0.730. The number of nitrogens with two attached hydrogens (primary N) is 1. The van der Waals surface area contributed by atoms with Crippen molar-refractivity contribution in [3.63, 3.8) is 0 Å². The molecule has 3 N–H and O–H groups in total. The lowest BCUT2D eigenvalue weighted by Gasteiger charge is -2.28. The zero-order chi connectivity index (χ0) is 14.7. The molecule has 0 amide bonds. The Morgan fingerprint density at radius 1 is 1.14 bits per heavy atom. The first kappa shape index (κ1) is 16.6. The highest BCUT2D eigenvalue weighted by atomic mass is 35.5. The van der Waals surface area contributed by atoms with Crippen molar-refractivity contribution in [1.82, 2.24) is 0 Å². The van der Waals surface area contributed by atoms with E-state index in [4.69, 9.17) is 5.73 Å². The summed E-state index contributed by atoms with van der Waals surface area (Å²) in [6.07, 6.45) is 5.04. The van der Waals surface area contributed by atoms with Gasteiger partial charge >= 0.3 is 0 Å². The molecule has 21 heavy (non-hydrogen) atoms. The lowest BCUT2D eigenvalue weighted by atomic mass is 9.77. The summed E-state index contributed by atoms with van der Waals surface area (Å²) in [6.45, 7) is 8.65. The third-order valence-corrected chi connectivity index (χ3v) is 5.38. The van der Waals surface area contributed by atoms with E-state index in [2.05, 4.69) is 33.8 Å². The van der Waals surface area contributed by atoms with Gasteiger partial charge in [-0.05, 0) is 53.7 Å². The van der Waals surface area contributed by atoms with Gasteiger partial charge in [0.15, 0.2) is 0 Å². The fourth-order valence-electron chi connectivity index (χ4n) is 4.41. The van der Waals surface area contributed by atoms with Crippen LogP contribution < -0.4 is 5.73 Å². The lowest BCUT2D eigenvalue weighted by Crippen LogP contribution is -2.22. The van der Waals surface area contributed by atoms with Gasteiger partial charge in [-0.1, -0.05) is 39.7 Å². The minimum atomic E-state index is -0.0443. The fourth-order valence-corrected chi connectivity index (χ4v) is 4.41. The fraction of sp³-hybridized carbons (Fsp3) is 0.667. The molecule has 3 rings (SSSR count). The minimum absolute atomic E-state index is 0. The summed E-state index contributed by atoms with van der Waals surface area (Å²) in [5.74, 6) is 1.59. The third kappa shape index (κ3) is 2.47. The maximum Gasteiger partial charge on any atom is 0.124 e. The second-order valence-electron chi connectivity index (χ2n) is 7.75. The molecule has 1 fully saturated rings. The van der Waals surface area contributed by atoms with E-state index >= 15 is 0 Å². The van der Waals surface area contributed by atoms with Crippen molar-refractivity contribution in [3.05, 3.63) is 28.3 Å². The van der Waals surface area contributed by atoms with Gasteiger partial charge in [-0.3, -0.25) is 0 Å². The summed E-state index contributed by atoms with van der Waals surface area (Å²) < 4.78 is 0. The van der Waals surface area contributed by atoms with Crippen LogP contribution in [0.25, 0.3) is 0 Å². The molecule has 2 nitrogen and oxygen atoms in total. The van der Waals surface area contributed by atoms with E-state index in [1.165, 1.54) is 36.8 Å². The quantitative estimate of drug-likeness (QED) is 0.729. The first-order valence-electron chi connectivity index (χ1n) is 7.94. The van der Waals surface area contributed by atoms with Crippen LogP contribution in [0, 0.1) is 12.8 Å². The second-order valence-corrected chi connectivity index (χ2v) is 7.75. The zero-order valence-corrected chi connectivity index (χ0v) is 14.4. The highest BCUT2D eigenvalue weighted by Gasteiger charge is 2.43. The first-order valence-corrected chi connectivity index (χ1v) is 7.94. The Morgan fingerprint density at radius 2 is 1.76 bits per heavy atom. The maximum atomic E-state index is 10.8. The number of hydrogen-bond donors (Lipinski definition) is 2. The van der Waals surface area contributed by atoms with Gasteiger partial charge < -0.3 is 10.8 Å². The van der Waals surface area contributed by atoms with E-state index in [0.29, 0.717) is 17.6 Å². The maximum absolute atomic E-state index is 10.8. The van der Waals surface area contributed by atoms with Crippen molar-refractivity contribution < 1.29 is 5.11 Å². The Bertz CT molecular complexity index is 547. The van der Waals surface area contributed by atoms with Gasteiger partial charge in [0.05, 0.1) is 0 Å². The molecule has 3 unspecified atom stereocenters. The van der Waals surface area contributed by atoms with Crippen molar-refractivity contribution in [2.24, 2.45) is 11.7 Å². The summed E-state index contributed by atoms with van der Waals surface area (Å²) in [7, 11) is 0. The smallest absolute Gasteiger partial charge is 0.124 e. The van der Waals surface area contributed by atoms with E-state index in [1.807, 2.05) is 0 Å². The summed E-state index contributed by atoms with van der Waals surface area (Å²) in [6, 6.07) is 2.22. The lowest BCUT2D eigenvalue weighted by molar-refractivity contribution is 0.291. The number of aromatic hydroxyl groups is 1. The van der Waals surface area contributed by atoms with Crippen LogP contribution in [-0.2, 0) is 5.41 Å².